The maximum Gasteiger partial charge on any atom is 0.244 e. The van der Waals surface area contributed by atoms with Gasteiger partial charge in [-0.15, -0.1) is 0 Å². The molecule has 0 aromatic heterocycles. The molecule has 2 aromatic rings. The highest BCUT2D eigenvalue weighted by atomic mass is 16.1. The predicted molar refractivity (Wildman–Crippen MR) is 97.1 cm³/mol. The van der Waals surface area contributed by atoms with E-state index in [4.69, 9.17) is 0 Å². The van der Waals surface area contributed by atoms with Crippen LogP contribution >= 0.6 is 0 Å². The van der Waals surface area contributed by atoms with Gasteiger partial charge in [0.1, 0.15) is 0 Å². The third kappa shape index (κ3) is 5.74. The van der Waals surface area contributed by atoms with Crippen molar-refractivity contribution in [2.75, 3.05) is 6.54 Å². The summed E-state index contributed by atoms with van der Waals surface area (Å²) >= 11 is 0. The summed E-state index contributed by atoms with van der Waals surface area (Å²) in [6.45, 7) is 2.93. The van der Waals surface area contributed by atoms with Gasteiger partial charge in [0.05, 0.1) is 0 Å². The van der Waals surface area contributed by atoms with E-state index in [0.29, 0.717) is 0 Å². The molecule has 0 aliphatic heterocycles. The zero-order chi connectivity index (χ0) is 16.3. The number of hydrogen-bond acceptors (Lipinski definition) is 1. The van der Waals surface area contributed by atoms with E-state index in [9.17, 15) is 4.79 Å². The van der Waals surface area contributed by atoms with Crippen molar-refractivity contribution in [1.29, 1.82) is 0 Å². The number of nitrogens with one attached hydrogen (secondary N) is 1. The molecule has 2 rings (SSSR count). The number of benzene rings is 2. The summed E-state index contributed by atoms with van der Waals surface area (Å²) in [6.07, 6.45) is 6.36. The molecule has 0 radical (unpaired) electrons. The normalized spacial score (nSPS) is 10.1. The minimum absolute atomic E-state index is 0.0239. The minimum Gasteiger partial charge on any atom is -0.353 e. The summed E-state index contributed by atoms with van der Waals surface area (Å²) in [7, 11) is 0. The van der Waals surface area contributed by atoms with Crippen LogP contribution in [0.1, 0.15) is 43.7 Å². The van der Waals surface area contributed by atoms with Gasteiger partial charge in [0, 0.05) is 12.6 Å². The van der Waals surface area contributed by atoms with Crippen LogP contribution in [0.5, 0.6) is 0 Å². The summed E-state index contributed by atoms with van der Waals surface area (Å²) in [5.41, 5.74) is 3.07. The Kier molecular flexibility index (Phi) is 7.12. The first-order chi connectivity index (χ1) is 11.3. The van der Waals surface area contributed by atoms with Crippen molar-refractivity contribution in [3.05, 3.63) is 77.9 Å². The number of carbonyl (C=O) groups excluding carboxylic acids is 1. The van der Waals surface area contributed by atoms with Crippen LogP contribution in [-0.2, 0) is 4.79 Å². The summed E-state index contributed by atoms with van der Waals surface area (Å²) in [6, 6.07) is 20.1. The molecular formula is C21H25NO. The van der Waals surface area contributed by atoms with Crippen molar-refractivity contribution >= 4 is 11.5 Å². The van der Waals surface area contributed by atoms with Crippen molar-refractivity contribution in [1.82, 2.24) is 5.32 Å². The van der Waals surface area contributed by atoms with Gasteiger partial charge in [0.2, 0.25) is 5.91 Å². The molecule has 0 aliphatic carbocycles. The molecule has 2 aromatic carbocycles. The lowest BCUT2D eigenvalue weighted by atomic mass is 9.97. The van der Waals surface area contributed by atoms with Crippen LogP contribution in [0, 0.1) is 0 Å². The van der Waals surface area contributed by atoms with Gasteiger partial charge in [0.15, 0.2) is 0 Å². The van der Waals surface area contributed by atoms with Crippen LogP contribution in [-0.4, -0.2) is 12.5 Å². The average Bonchev–Trinajstić information content (AvgIpc) is 2.61. The van der Waals surface area contributed by atoms with Crippen molar-refractivity contribution in [3.63, 3.8) is 0 Å². The van der Waals surface area contributed by atoms with Crippen molar-refractivity contribution in [3.8, 4) is 0 Å². The molecule has 0 saturated carbocycles. The monoisotopic (exact) mass is 307 g/mol. The van der Waals surface area contributed by atoms with Crippen LogP contribution in [0.25, 0.3) is 5.57 Å². The summed E-state index contributed by atoms with van der Waals surface area (Å²) in [5, 5.41) is 3.00. The van der Waals surface area contributed by atoms with E-state index in [1.807, 2.05) is 60.7 Å². The van der Waals surface area contributed by atoms with Crippen molar-refractivity contribution < 1.29 is 4.79 Å². The zero-order valence-corrected chi connectivity index (χ0v) is 13.8. The Balaban J connectivity index is 2.10. The molecule has 0 fully saturated rings. The van der Waals surface area contributed by atoms with Crippen LogP contribution in [0.2, 0.25) is 0 Å². The summed E-state index contributed by atoms with van der Waals surface area (Å²) < 4.78 is 0. The fourth-order valence-electron chi connectivity index (χ4n) is 2.51. The number of hydrogen-bond donors (Lipinski definition) is 1. The zero-order valence-electron chi connectivity index (χ0n) is 13.8. The van der Waals surface area contributed by atoms with Crippen LogP contribution < -0.4 is 5.32 Å². The van der Waals surface area contributed by atoms with E-state index in [0.717, 1.165) is 29.7 Å². The molecule has 2 nitrogen and oxygen atoms in total. The first-order valence-electron chi connectivity index (χ1n) is 8.41. The van der Waals surface area contributed by atoms with Crippen LogP contribution in [0.15, 0.2) is 66.7 Å². The van der Waals surface area contributed by atoms with Gasteiger partial charge < -0.3 is 5.32 Å². The third-order valence-electron chi connectivity index (χ3n) is 3.77. The molecule has 0 aliphatic rings. The summed E-state index contributed by atoms with van der Waals surface area (Å²) in [4.78, 5) is 12.2. The molecule has 0 unspecified atom stereocenters. The number of rotatable bonds is 8. The second-order valence-electron chi connectivity index (χ2n) is 5.64. The molecule has 0 bridgehead atoms. The Morgan fingerprint density at radius 2 is 1.43 bits per heavy atom. The maximum absolute atomic E-state index is 12.2. The Morgan fingerprint density at radius 3 is 1.96 bits per heavy atom. The highest BCUT2D eigenvalue weighted by molar-refractivity contribution is 5.99. The number of amides is 1. The van der Waals surface area contributed by atoms with Crippen molar-refractivity contribution in [2.24, 2.45) is 0 Å². The molecule has 0 atom stereocenters. The number of carbonyl (C=O) groups is 1. The average molecular weight is 307 g/mol. The second kappa shape index (κ2) is 9.62. The number of unbranched alkanes of at least 4 members (excludes halogenated alkanes) is 3. The topological polar surface area (TPSA) is 29.1 Å². The molecule has 1 amide bonds. The van der Waals surface area contributed by atoms with Gasteiger partial charge in [-0.1, -0.05) is 86.8 Å². The highest BCUT2D eigenvalue weighted by Crippen LogP contribution is 2.22. The lowest BCUT2D eigenvalue weighted by Crippen LogP contribution is -2.22. The quantitative estimate of drug-likeness (QED) is 0.550. The van der Waals surface area contributed by atoms with E-state index >= 15 is 0 Å². The fraction of sp³-hybridized carbons (Fsp3) is 0.286. The molecular weight excluding hydrogens is 282 g/mol. The Morgan fingerprint density at radius 1 is 0.870 bits per heavy atom. The van der Waals surface area contributed by atoms with Gasteiger partial charge in [-0.25, -0.2) is 0 Å². The SMILES string of the molecule is CCCCCCNC(=O)C=C(c1ccccc1)c1ccccc1. The fourth-order valence-corrected chi connectivity index (χ4v) is 2.51. The molecule has 1 N–H and O–H groups in total. The Labute approximate surface area is 139 Å². The minimum atomic E-state index is -0.0239. The van der Waals surface area contributed by atoms with Crippen molar-refractivity contribution in [2.45, 2.75) is 32.6 Å². The van der Waals surface area contributed by atoms with E-state index in [1.54, 1.807) is 6.08 Å². The van der Waals surface area contributed by atoms with Crippen LogP contribution in [0.3, 0.4) is 0 Å². The molecule has 0 spiro atoms. The second-order valence-corrected chi connectivity index (χ2v) is 5.64. The van der Waals surface area contributed by atoms with Gasteiger partial charge >= 0.3 is 0 Å². The van der Waals surface area contributed by atoms with Gasteiger partial charge in [0.25, 0.3) is 0 Å². The van der Waals surface area contributed by atoms with Gasteiger partial charge in [-0.05, 0) is 23.1 Å². The molecule has 120 valence electrons. The van der Waals surface area contributed by atoms with Gasteiger partial charge in [-0.2, -0.15) is 0 Å². The lowest BCUT2D eigenvalue weighted by Gasteiger charge is -2.09. The predicted octanol–water partition coefficient (Wildman–Crippen LogP) is 4.81. The first-order valence-corrected chi connectivity index (χ1v) is 8.41. The first kappa shape index (κ1) is 17.0. The molecule has 2 heteroatoms. The van der Waals surface area contributed by atoms with E-state index in [1.165, 1.54) is 19.3 Å². The Hall–Kier alpha value is -2.35. The standard InChI is InChI=1S/C21H25NO/c1-2-3-4-11-16-22-21(23)17-20(18-12-7-5-8-13-18)19-14-9-6-10-15-19/h5-10,12-15,17H,2-4,11,16H2,1H3,(H,22,23). The third-order valence-corrected chi connectivity index (χ3v) is 3.77. The largest absolute Gasteiger partial charge is 0.353 e. The molecule has 0 heterocycles. The molecule has 23 heavy (non-hydrogen) atoms. The highest BCUT2D eigenvalue weighted by Gasteiger charge is 2.07. The smallest absolute Gasteiger partial charge is 0.244 e. The molecule has 0 saturated heterocycles. The lowest BCUT2D eigenvalue weighted by molar-refractivity contribution is -0.116. The van der Waals surface area contributed by atoms with E-state index < -0.39 is 0 Å². The van der Waals surface area contributed by atoms with E-state index in [-0.39, 0.29) is 5.91 Å². The Bertz CT molecular complexity index is 575. The van der Waals surface area contributed by atoms with Gasteiger partial charge in [-0.3, -0.25) is 4.79 Å². The van der Waals surface area contributed by atoms with Crippen LogP contribution in [0.4, 0.5) is 0 Å². The van der Waals surface area contributed by atoms with E-state index in [2.05, 4.69) is 12.2 Å². The maximum atomic E-state index is 12.2. The summed E-state index contributed by atoms with van der Waals surface area (Å²) in [5.74, 6) is -0.0239.